The first-order valence-corrected chi connectivity index (χ1v) is 5.47. The molecular weight excluding hydrogens is 176 g/mol. The van der Waals surface area contributed by atoms with Crippen molar-refractivity contribution in [1.29, 1.82) is 0 Å². The van der Waals surface area contributed by atoms with E-state index < -0.39 is 6.10 Å². The fraction of sp³-hybridized carbons (Fsp3) is 0.750. The summed E-state index contributed by atoms with van der Waals surface area (Å²) in [6.07, 6.45) is 5.86. The van der Waals surface area contributed by atoms with E-state index in [1.807, 2.05) is 13.0 Å². The van der Waals surface area contributed by atoms with Crippen LogP contribution in [0.5, 0.6) is 0 Å². The molecule has 3 unspecified atom stereocenters. The summed E-state index contributed by atoms with van der Waals surface area (Å²) < 4.78 is 0. The van der Waals surface area contributed by atoms with E-state index in [1.165, 1.54) is 0 Å². The summed E-state index contributed by atoms with van der Waals surface area (Å²) in [6, 6.07) is 0. The van der Waals surface area contributed by atoms with Gasteiger partial charge in [0, 0.05) is 5.92 Å². The highest BCUT2D eigenvalue weighted by Gasteiger charge is 2.23. The molecule has 0 aromatic rings. The van der Waals surface area contributed by atoms with Crippen LogP contribution in [0.25, 0.3) is 0 Å². The van der Waals surface area contributed by atoms with E-state index in [4.69, 9.17) is 0 Å². The average molecular weight is 199 g/mol. The molecule has 14 heavy (non-hydrogen) atoms. The molecule has 1 radical (unpaired) electrons. The summed E-state index contributed by atoms with van der Waals surface area (Å²) in [5.41, 5.74) is 0. The van der Waals surface area contributed by atoms with Crippen molar-refractivity contribution < 1.29 is 10.2 Å². The molecular formula is C12H23O2. The van der Waals surface area contributed by atoms with Crippen molar-refractivity contribution >= 4 is 0 Å². The maximum Gasteiger partial charge on any atom is 0.0627 e. The molecule has 0 aliphatic rings. The molecule has 2 nitrogen and oxygen atoms in total. The van der Waals surface area contributed by atoms with E-state index in [9.17, 15) is 10.2 Å². The molecule has 0 aromatic carbocycles. The second kappa shape index (κ2) is 8.01. The van der Waals surface area contributed by atoms with Crippen molar-refractivity contribution in [3.05, 3.63) is 19.1 Å². The minimum Gasteiger partial charge on any atom is -0.393 e. The molecule has 3 atom stereocenters. The van der Waals surface area contributed by atoms with Gasteiger partial charge in [-0.05, 0) is 26.2 Å². The summed E-state index contributed by atoms with van der Waals surface area (Å²) in [5, 5.41) is 19.6. The van der Waals surface area contributed by atoms with E-state index in [0.29, 0.717) is 12.8 Å². The van der Waals surface area contributed by atoms with Crippen LogP contribution in [0.3, 0.4) is 0 Å². The largest absolute Gasteiger partial charge is 0.393 e. The number of allylic oxidation sites excluding steroid dienone is 1. The van der Waals surface area contributed by atoms with E-state index in [-0.39, 0.29) is 12.0 Å². The quantitative estimate of drug-likeness (QED) is 0.660. The Kier molecular flexibility index (Phi) is 7.81. The maximum absolute atomic E-state index is 9.83. The first-order valence-electron chi connectivity index (χ1n) is 5.47. The van der Waals surface area contributed by atoms with Gasteiger partial charge in [0.15, 0.2) is 0 Å². The van der Waals surface area contributed by atoms with Gasteiger partial charge in [-0.2, -0.15) is 0 Å². The van der Waals surface area contributed by atoms with Gasteiger partial charge in [-0.25, -0.2) is 0 Å². The van der Waals surface area contributed by atoms with Crippen LogP contribution in [-0.4, -0.2) is 22.4 Å². The monoisotopic (exact) mass is 199 g/mol. The third kappa shape index (κ3) is 4.77. The Morgan fingerprint density at radius 1 is 1.21 bits per heavy atom. The molecule has 0 aliphatic heterocycles. The van der Waals surface area contributed by atoms with Gasteiger partial charge in [-0.3, -0.25) is 0 Å². The summed E-state index contributed by atoms with van der Waals surface area (Å²) in [6.45, 7) is 7.58. The smallest absolute Gasteiger partial charge is 0.0627 e. The van der Waals surface area contributed by atoms with Crippen LogP contribution in [-0.2, 0) is 0 Å². The van der Waals surface area contributed by atoms with Gasteiger partial charge in [-0.15, -0.1) is 0 Å². The van der Waals surface area contributed by atoms with Crippen molar-refractivity contribution in [3.63, 3.8) is 0 Å². The summed E-state index contributed by atoms with van der Waals surface area (Å²) in [4.78, 5) is 0. The lowest BCUT2D eigenvalue weighted by Crippen LogP contribution is -2.31. The molecule has 0 fully saturated rings. The number of hydrogen-bond acceptors (Lipinski definition) is 2. The zero-order chi connectivity index (χ0) is 11.0. The SMILES string of the molecule is [CH2]/C=C/CC(O)C(CCC)C(O)CC. The van der Waals surface area contributed by atoms with Gasteiger partial charge in [0.25, 0.3) is 0 Å². The molecule has 0 heterocycles. The summed E-state index contributed by atoms with van der Waals surface area (Å²) >= 11 is 0. The standard InChI is InChI=1S/C12H23O2/c1-4-7-9-12(14)10(8-5-2)11(13)6-3/h4,7,10-14H,1,5-6,8-9H2,2-3H3/b7-4+. The molecule has 2 heteroatoms. The molecule has 0 spiro atoms. The average Bonchev–Trinajstić information content (AvgIpc) is 2.21. The minimum absolute atomic E-state index is 0.00111. The fourth-order valence-electron chi connectivity index (χ4n) is 1.69. The Morgan fingerprint density at radius 2 is 1.86 bits per heavy atom. The van der Waals surface area contributed by atoms with Crippen molar-refractivity contribution in [2.45, 2.75) is 51.7 Å². The number of aliphatic hydroxyl groups excluding tert-OH is 2. The molecule has 2 N–H and O–H groups in total. The predicted octanol–water partition coefficient (Wildman–Crippen LogP) is 2.31. The van der Waals surface area contributed by atoms with Crippen LogP contribution in [0, 0.1) is 12.8 Å². The van der Waals surface area contributed by atoms with Crippen LogP contribution in [0.4, 0.5) is 0 Å². The minimum atomic E-state index is -0.442. The highest BCUT2D eigenvalue weighted by Crippen LogP contribution is 2.20. The molecule has 0 amide bonds. The molecule has 0 bridgehead atoms. The van der Waals surface area contributed by atoms with E-state index in [1.54, 1.807) is 6.08 Å². The lowest BCUT2D eigenvalue weighted by atomic mass is 9.88. The molecule has 0 aliphatic carbocycles. The Balaban J connectivity index is 4.16. The second-order valence-corrected chi connectivity index (χ2v) is 3.70. The van der Waals surface area contributed by atoms with Crippen LogP contribution in [0.1, 0.15) is 39.5 Å². The van der Waals surface area contributed by atoms with Crippen LogP contribution in [0.2, 0.25) is 0 Å². The van der Waals surface area contributed by atoms with Gasteiger partial charge in [0.05, 0.1) is 12.2 Å². The van der Waals surface area contributed by atoms with Gasteiger partial charge >= 0.3 is 0 Å². The highest BCUT2D eigenvalue weighted by molar-refractivity contribution is 4.88. The molecule has 0 rings (SSSR count). The van der Waals surface area contributed by atoms with Gasteiger partial charge in [0.2, 0.25) is 0 Å². The number of hydrogen-bond donors (Lipinski definition) is 2. The Bertz CT molecular complexity index is 154. The van der Waals surface area contributed by atoms with E-state index in [2.05, 4.69) is 13.8 Å². The van der Waals surface area contributed by atoms with E-state index in [0.717, 1.165) is 12.8 Å². The molecule has 0 saturated carbocycles. The normalized spacial score (nSPS) is 18.4. The number of aliphatic hydroxyl groups is 2. The van der Waals surface area contributed by atoms with Crippen molar-refractivity contribution in [2.75, 3.05) is 0 Å². The Hall–Kier alpha value is -0.340. The zero-order valence-electron chi connectivity index (χ0n) is 9.32. The second-order valence-electron chi connectivity index (χ2n) is 3.70. The lowest BCUT2D eigenvalue weighted by Gasteiger charge is -2.26. The third-order valence-corrected chi connectivity index (χ3v) is 2.57. The Labute approximate surface area is 87.7 Å². The summed E-state index contributed by atoms with van der Waals surface area (Å²) in [5.74, 6) is 0.00111. The highest BCUT2D eigenvalue weighted by atomic mass is 16.3. The van der Waals surface area contributed by atoms with Crippen LogP contribution < -0.4 is 0 Å². The zero-order valence-corrected chi connectivity index (χ0v) is 9.32. The van der Waals surface area contributed by atoms with Gasteiger partial charge in [-0.1, -0.05) is 32.4 Å². The molecule has 83 valence electrons. The van der Waals surface area contributed by atoms with Crippen LogP contribution >= 0.6 is 0 Å². The van der Waals surface area contributed by atoms with Crippen molar-refractivity contribution in [2.24, 2.45) is 5.92 Å². The third-order valence-electron chi connectivity index (χ3n) is 2.57. The van der Waals surface area contributed by atoms with Crippen molar-refractivity contribution in [3.8, 4) is 0 Å². The maximum atomic E-state index is 9.83. The molecule has 0 aromatic heterocycles. The van der Waals surface area contributed by atoms with Gasteiger partial charge < -0.3 is 10.2 Å². The van der Waals surface area contributed by atoms with Crippen molar-refractivity contribution in [1.82, 2.24) is 0 Å². The topological polar surface area (TPSA) is 40.5 Å². The fourth-order valence-corrected chi connectivity index (χ4v) is 1.69. The van der Waals surface area contributed by atoms with E-state index >= 15 is 0 Å². The lowest BCUT2D eigenvalue weighted by molar-refractivity contribution is 0.00754. The number of rotatable bonds is 7. The first-order chi connectivity index (χ1) is 6.67. The van der Waals surface area contributed by atoms with Gasteiger partial charge in [0.1, 0.15) is 0 Å². The molecule has 0 saturated heterocycles. The predicted molar refractivity (Wildman–Crippen MR) is 59.8 cm³/mol. The van der Waals surface area contributed by atoms with Crippen LogP contribution in [0.15, 0.2) is 12.2 Å². The summed E-state index contributed by atoms with van der Waals surface area (Å²) in [7, 11) is 0. The Morgan fingerprint density at radius 3 is 2.29 bits per heavy atom. The first kappa shape index (κ1) is 13.7.